The minimum Gasteiger partial charge on any atom is -0.464 e. The van der Waals surface area contributed by atoms with Gasteiger partial charge in [-0.05, 0) is 46.2 Å². The second-order valence-electron chi connectivity index (χ2n) is 6.46. The fourth-order valence-electron chi connectivity index (χ4n) is 1.91. The lowest BCUT2D eigenvalue weighted by molar-refractivity contribution is 0.0506. The number of esters is 1. The van der Waals surface area contributed by atoms with Crippen LogP contribution in [0.25, 0.3) is 0 Å². The van der Waals surface area contributed by atoms with Gasteiger partial charge < -0.3 is 20.1 Å². The molecule has 0 bridgehead atoms. The lowest BCUT2D eigenvalue weighted by Crippen LogP contribution is -2.38. The van der Waals surface area contributed by atoms with Gasteiger partial charge >= 0.3 is 12.1 Å². The fraction of sp³-hybridized carbons (Fsp3) is 0.529. The van der Waals surface area contributed by atoms with Crippen molar-refractivity contribution in [1.82, 2.24) is 10.3 Å². The Morgan fingerprint density at radius 3 is 2.60 bits per heavy atom. The molecule has 25 heavy (non-hydrogen) atoms. The maximum absolute atomic E-state index is 11.7. The summed E-state index contributed by atoms with van der Waals surface area (Å²) < 4.78 is 9.76. The first kappa shape index (κ1) is 20.2. The van der Waals surface area contributed by atoms with E-state index >= 15 is 0 Å². The molecule has 136 valence electrons. The van der Waals surface area contributed by atoms with Gasteiger partial charge in [0.1, 0.15) is 17.4 Å². The van der Waals surface area contributed by atoms with E-state index in [0.29, 0.717) is 18.7 Å². The number of rotatable bonds is 6. The summed E-state index contributed by atoms with van der Waals surface area (Å²) in [5.41, 5.74) is 0.149. The minimum atomic E-state index is -0.599. The number of amides is 1. The number of nitrogens with zero attached hydrogens (tertiary/aromatic N) is 2. The lowest BCUT2D eigenvalue weighted by Gasteiger charge is -2.22. The number of hydrogen-bond acceptors (Lipinski definition) is 7. The maximum atomic E-state index is 11.7. The quantitative estimate of drug-likeness (QED) is 0.759. The van der Waals surface area contributed by atoms with E-state index in [9.17, 15) is 9.59 Å². The number of anilines is 1. The molecule has 0 aliphatic carbocycles. The highest BCUT2D eigenvalue weighted by Gasteiger charge is 2.17. The number of nitriles is 1. The molecule has 1 atom stereocenters. The van der Waals surface area contributed by atoms with Gasteiger partial charge in [-0.3, -0.25) is 0 Å². The van der Waals surface area contributed by atoms with Gasteiger partial charge in [0.05, 0.1) is 12.8 Å². The van der Waals surface area contributed by atoms with Gasteiger partial charge in [-0.1, -0.05) is 0 Å². The van der Waals surface area contributed by atoms with Gasteiger partial charge in [-0.2, -0.15) is 5.26 Å². The van der Waals surface area contributed by atoms with Crippen molar-refractivity contribution < 1.29 is 19.1 Å². The normalized spacial score (nSPS) is 11.8. The number of carbonyl (C=O) groups excluding carboxylic acids is 2. The van der Waals surface area contributed by atoms with E-state index in [0.717, 1.165) is 0 Å². The highest BCUT2D eigenvalue weighted by atomic mass is 16.6. The second-order valence-corrected chi connectivity index (χ2v) is 6.46. The van der Waals surface area contributed by atoms with Crippen LogP contribution in [0.5, 0.6) is 0 Å². The van der Waals surface area contributed by atoms with Crippen molar-refractivity contribution >= 4 is 17.7 Å². The van der Waals surface area contributed by atoms with Crippen LogP contribution in [-0.2, 0) is 9.47 Å². The highest BCUT2D eigenvalue weighted by Crippen LogP contribution is 2.14. The van der Waals surface area contributed by atoms with Crippen LogP contribution < -0.4 is 10.6 Å². The molecule has 0 aliphatic rings. The Morgan fingerprint density at radius 1 is 1.36 bits per heavy atom. The van der Waals surface area contributed by atoms with Crippen LogP contribution in [0.2, 0.25) is 0 Å². The predicted molar refractivity (Wildman–Crippen MR) is 92.2 cm³/mol. The molecule has 0 aromatic carbocycles. The average Bonchev–Trinajstić information content (AvgIpc) is 2.52. The van der Waals surface area contributed by atoms with Crippen molar-refractivity contribution in [3.05, 3.63) is 23.5 Å². The van der Waals surface area contributed by atoms with Gasteiger partial charge in [0.25, 0.3) is 0 Å². The highest BCUT2D eigenvalue weighted by molar-refractivity contribution is 5.87. The van der Waals surface area contributed by atoms with E-state index in [4.69, 9.17) is 10.00 Å². The van der Waals surface area contributed by atoms with Crippen LogP contribution in [0.15, 0.2) is 12.1 Å². The van der Waals surface area contributed by atoms with Gasteiger partial charge in [0.2, 0.25) is 0 Å². The molecule has 1 rings (SSSR count). The van der Waals surface area contributed by atoms with Gasteiger partial charge in [-0.25, -0.2) is 14.6 Å². The molecule has 1 aromatic rings. The van der Waals surface area contributed by atoms with E-state index in [-0.39, 0.29) is 17.4 Å². The lowest BCUT2D eigenvalue weighted by atomic mass is 10.2. The molecule has 0 saturated carbocycles. The Bertz CT molecular complexity index is 662. The van der Waals surface area contributed by atoms with Crippen LogP contribution in [0.3, 0.4) is 0 Å². The zero-order chi connectivity index (χ0) is 19.0. The zero-order valence-corrected chi connectivity index (χ0v) is 15.2. The van der Waals surface area contributed by atoms with E-state index in [1.807, 2.05) is 13.0 Å². The third-order valence-corrected chi connectivity index (χ3v) is 3.05. The van der Waals surface area contributed by atoms with Crippen molar-refractivity contribution in [2.75, 3.05) is 19.0 Å². The molecule has 8 heteroatoms. The molecule has 0 aliphatic heterocycles. The first-order valence-corrected chi connectivity index (χ1v) is 7.89. The van der Waals surface area contributed by atoms with Crippen molar-refractivity contribution in [3.8, 4) is 6.07 Å². The van der Waals surface area contributed by atoms with Crippen LogP contribution in [0.4, 0.5) is 10.5 Å². The summed E-state index contributed by atoms with van der Waals surface area (Å²) >= 11 is 0. The van der Waals surface area contributed by atoms with E-state index in [1.165, 1.54) is 13.2 Å². The number of aromatic nitrogens is 1. The SMILES string of the molecule is COC(=O)c1ccc(NCC[C@H](C)NC(=O)OC(C)(C)C)c(C#N)n1. The first-order valence-electron chi connectivity index (χ1n) is 7.89. The molecule has 0 unspecified atom stereocenters. The minimum absolute atomic E-state index is 0.0737. The molecule has 0 saturated heterocycles. The summed E-state index contributed by atoms with van der Waals surface area (Å²) in [6, 6.07) is 4.91. The molecular formula is C17H24N4O4. The van der Waals surface area contributed by atoms with Crippen LogP contribution in [0.1, 0.15) is 50.3 Å². The molecule has 0 fully saturated rings. The van der Waals surface area contributed by atoms with Gasteiger partial charge in [0.15, 0.2) is 5.69 Å². The van der Waals surface area contributed by atoms with E-state index < -0.39 is 17.7 Å². The number of alkyl carbamates (subject to hydrolysis) is 1. The maximum Gasteiger partial charge on any atom is 0.407 e. The third kappa shape index (κ3) is 7.08. The summed E-state index contributed by atoms with van der Waals surface area (Å²) in [6.07, 6.45) is 0.143. The molecule has 1 amide bonds. The van der Waals surface area contributed by atoms with Crippen molar-refractivity contribution in [3.63, 3.8) is 0 Å². The van der Waals surface area contributed by atoms with E-state index in [2.05, 4.69) is 20.4 Å². The smallest absolute Gasteiger partial charge is 0.407 e. The molecule has 8 nitrogen and oxygen atoms in total. The predicted octanol–water partition coefficient (Wildman–Crippen LogP) is 2.46. The van der Waals surface area contributed by atoms with Crippen molar-refractivity contribution in [2.24, 2.45) is 0 Å². The standard InChI is InChI=1S/C17H24N4O4/c1-11(20-16(23)25-17(2,3)4)8-9-19-12-6-7-13(15(22)24-5)21-14(12)10-18/h6-7,11,19H,8-9H2,1-5H3,(H,20,23)/t11-/m0/s1. The topological polar surface area (TPSA) is 113 Å². The van der Waals surface area contributed by atoms with Crippen molar-refractivity contribution in [1.29, 1.82) is 5.26 Å². The second kappa shape index (κ2) is 8.87. The van der Waals surface area contributed by atoms with E-state index in [1.54, 1.807) is 26.8 Å². The largest absolute Gasteiger partial charge is 0.464 e. The fourth-order valence-corrected chi connectivity index (χ4v) is 1.91. The monoisotopic (exact) mass is 348 g/mol. The number of carbonyl (C=O) groups is 2. The number of ether oxygens (including phenoxy) is 2. The van der Waals surface area contributed by atoms with Gasteiger partial charge in [-0.15, -0.1) is 0 Å². The summed E-state index contributed by atoms with van der Waals surface area (Å²) in [6.45, 7) is 7.76. The van der Waals surface area contributed by atoms with Crippen LogP contribution in [-0.4, -0.2) is 42.3 Å². The third-order valence-electron chi connectivity index (χ3n) is 3.05. The Balaban J connectivity index is 2.54. The number of methoxy groups -OCH3 is 1. The summed E-state index contributed by atoms with van der Waals surface area (Å²) in [5, 5.41) is 15.0. The summed E-state index contributed by atoms with van der Waals surface area (Å²) in [4.78, 5) is 27.1. The Kier molecular flexibility index (Phi) is 7.18. The molecule has 1 aromatic heterocycles. The van der Waals surface area contributed by atoms with Gasteiger partial charge in [0, 0.05) is 12.6 Å². The number of pyridine rings is 1. The summed E-state index contributed by atoms with van der Waals surface area (Å²) in [5.74, 6) is -0.599. The molecular weight excluding hydrogens is 324 g/mol. The Labute approximate surface area is 147 Å². The molecule has 1 heterocycles. The average molecular weight is 348 g/mol. The Hall–Kier alpha value is -2.82. The summed E-state index contributed by atoms with van der Waals surface area (Å²) in [7, 11) is 1.25. The van der Waals surface area contributed by atoms with Crippen molar-refractivity contribution in [2.45, 2.75) is 45.8 Å². The van der Waals surface area contributed by atoms with Crippen LogP contribution in [0, 0.1) is 11.3 Å². The van der Waals surface area contributed by atoms with Crippen LogP contribution >= 0.6 is 0 Å². The first-order chi connectivity index (χ1) is 11.7. The Morgan fingerprint density at radius 2 is 2.04 bits per heavy atom. The molecule has 0 radical (unpaired) electrons. The molecule has 2 N–H and O–H groups in total. The zero-order valence-electron chi connectivity index (χ0n) is 15.2. The number of nitrogens with one attached hydrogen (secondary N) is 2. The molecule has 0 spiro atoms. The number of hydrogen-bond donors (Lipinski definition) is 2.